The van der Waals surface area contributed by atoms with Crippen molar-refractivity contribution in [3.63, 3.8) is 0 Å². The Labute approximate surface area is 170 Å². The zero-order valence-corrected chi connectivity index (χ0v) is 16.9. The van der Waals surface area contributed by atoms with Crippen LogP contribution in [0.4, 0.5) is 0 Å². The number of amides is 1. The minimum absolute atomic E-state index is 0. The van der Waals surface area contributed by atoms with E-state index in [1.165, 1.54) is 0 Å². The molecule has 0 saturated heterocycles. The van der Waals surface area contributed by atoms with Crippen molar-refractivity contribution in [1.82, 2.24) is 25.1 Å². The van der Waals surface area contributed by atoms with E-state index < -0.39 is 0 Å². The lowest BCUT2D eigenvalue weighted by atomic mass is 10.1. The van der Waals surface area contributed by atoms with Gasteiger partial charge >= 0.3 is 0 Å². The van der Waals surface area contributed by atoms with Gasteiger partial charge in [0.25, 0.3) is 0 Å². The minimum Gasteiger partial charge on any atom is -0.444 e. The average Bonchev–Trinajstić information content (AvgIpc) is 3.26. The van der Waals surface area contributed by atoms with Crippen LogP contribution >= 0.6 is 12.4 Å². The highest BCUT2D eigenvalue weighted by Gasteiger charge is 2.20. The van der Waals surface area contributed by atoms with Crippen LogP contribution in [0.15, 0.2) is 41.0 Å². The zero-order chi connectivity index (χ0) is 19.4. The second-order valence-corrected chi connectivity index (χ2v) is 6.73. The van der Waals surface area contributed by atoms with Crippen molar-refractivity contribution in [3.8, 4) is 11.5 Å². The van der Waals surface area contributed by atoms with Crippen LogP contribution in [0.2, 0.25) is 0 Å². The van der Waals surface area contributed by atoms with Crippen LogP contribution in [-0.4, -0.2) is 25.7 Å². The molecule has 150 valence electrons. The number of hydrogen-bond acceptors (Lipinski definition) is 6. The quantitative estimate of drug-likeness (QED) is 0.626. The van der Waals surface area contributed by atoms with E-state index in [0.29, 0.717) is 23.2 Å². The number of carbonyl (C=O) groups excluding carboxylic acids is 1. The molecule has 0 saturated carbocycles. The molecule has 0 aliphatic carbocycles. The molecule has 1 amide bonds. The molecule has 0 radical (unpaired) electrons. The Hall–Kier alpha value is -2.71. The highest BCUT2D eigenvalue weighted by atomic mass is 35.5. The molecule has 1 atom stereocenters. The topological polar surface area (TPSA) is 112 Å². The van der Waals surface area contributed by atoms with Crippen LogP contribution in [0.1, 0.15) is 37.2 Å². The van der Waals surface area contributed by atoms with Gasteiger partial charge in [-0.25, -0.2) is 14.6 Å². The molecule has 28 heavy (non-hydrogen) atoms. The first-order valence-corrected chi connectivity index (χ1v) is 8.87. The molecule has 2 aromatic heterocycles. The molecule has 3 rings (SSSR count). The Morgan fingerprint density at radius 2 is 1.96 bits per heavy atom. The number of carbonyl (C=O) groups is 1. The van der Waals surface area contributed by atoms with E-state index in [9.17, 15) is 4.79 Å². The van der Waals surface area contributed by atoms with Gasteiger partial charge in [-0.05, 0) is 25.0 Å². The van der Waals surface area contributed by atoms with Crippen molar-refractivity contribution < 1.29 is 9.21 Å². The first kappa shape index (κ1) is 21.6. The number of nitrogens with one attached hydrogen (secondary N) is 1. The number of nitrogens with zero attached hydrogens (tertiary/aromatic N) is 4. The van der Waals surface area contributed by atoms with Gasteiger partial charge in [-0.2, -0.15) is 5.10 Å². The van der Waals surface area contributed by atoms with Gasteiger partial charge in [0, 0.05) is 5.56 Å². The van der Waals surface area contributed by atoms with E-state index in [0.717, 1.165) is 5.56 Å². The van der Waals surface area contributed by atoms with Crippen molar-refractivity contribution in [2.75, 3.05) is 0 Å². The first-order valence-electron chi connectivity index (χ1n) is 8.87. The van der Waals surface area contributed by atoms with Crippen molar-refractivity contribution in [1.29, 1.82) is 0 Å². The lowest BCUT2D eigenvalue weighted by Gasteiger charge is -2.15. The van der Waals surface area contributed by atoms with Gasteiger partial charge in [0.15, 0.2) is 0 Å². The molecule has 0 bridgehead atoms. The average molecular weight is 405 g/mol. The van der Waals surface area contributed by atoms with Gasteiger partial charge in [0.2, 0.25) is 11.8 Å². The Morgan fingerprint density at radius 3 is 2.64 bits per heavy atom. The van der Waals surface area contributed by atoms with Crippen LogP contribution in [0.5, 0.6) is 0 Å². The van der Waals surface area contributed by atoms with Crippen molar-refractivity contribution in [2.24, 2.45) is 11.7 Å². The molecule has 3 N–H and O–H groups in total. The van der Waals surface area contributed by atoms with Crippen LogP contribution in [0.25, 0.3) is 11.5 Å². The summed E-state index contributed by atoms with van der Waals surface area (Å²) in [6.07, 6.45) is 1.54. The van der Waals surface area contributed by atoms with Gasteiger partial charge in [-0.15, -0.1) is 12.4 Å². The third-order valence-corrected chi connectivity index (χ3v) is 4.16. The standard InChI is InChI=1S/C19H24N6O2.ClH/c1-12(2)17(20)18-22-13(3)24-25(18)10-16(26)21-9-15-11-27-19(23-15)14-7-5-4-6-8-14;/h4-8,11-12,17H,9-10,20H2,1-3H3,(H,21,26);1H/t17-;/m0./s1. The summed E-state index contributed by atoms with van der Waals surface area (Å²) < 4.78 is 7.04. The van der Waals surface area contributed by atoms with Gasteiger partial charge in [-0.3, -0.25) is 4.79 Å². The normalized spacial score (nSPS) is 11.9. The summed E-state index contributed by atoms with van der Waals surface area (Å²) in [7, 11) is 0. The Bertz CT molecular complexity index is 906. The fourth-order valence-electron chi connectivity index (χ4n) is 2.62. The monoisotopic (exact) mass is 404 g/mol. The fourth-order valence-corrected chi connectivity index (χ4v) is 2.62. The minimum atomic E-state index is -0.275. The molecule has 1 aromatic carbocycles. The predicted octanol–water partition coefficient (Wildman–Crippen LogP) is 2.64. The maximum absolute atomic E-state index is 12.3. The van der Waals surface area contributed by atoms with Crippen LogP contribution in [0, 0.1) is 12.8 Å². The summed E-state index contributed by atoms with van der Waals surface area (Å²) in [6.45, 7) is 6.13. The summed E-state index contributed by atoms with van der Waals surface area (Å²) in [5.74, 6) is 1.74. The molecule has 2 heterocycles. The van der Waals surface area contributed by atoms with Crippen molar-refractivity contribution in [2.45, 2.75) is 39.9 Å². The predicted molar refractivity (Wildman–Crippen MR) is 108 cm³/mol. The third kappa shape index (κ3) is 5.17. The molecular formula is C19H25ClN6O2. The molecule has 3 aromatic rings. The second-order valence-electron chi connectivity index (χ2n) is 6.73. The van der Waals surface area contributed by atoms with E-state index in [2.05, 4.69) is 20.4 Å². The summed E-state index contributed by atoms with van der Waals surface area (Å²) in [5.41, 5.74) is 7.71. The first-order chi connectivity index (χ1) is 12.9. The van der Waals surface area contributed by atoms with Crippen LogP contribution in [-0.2, 0) is 17.9 Å². The number of rotatable bonds is 7. The van der Waals surface area contributed by atoms with Gasteiger partial charge < -0.3 is 15.5 Å². The largest absolute Gasteiger partial charge is 0.444 e. The molecular weight excluding hydrogens is 380 g/mol. The third-order valence-electron chi connectivity index (χ3n) is 4.16. The summed E-state index contributed by atoms with van der Waals surface area (Å²) in [4.78, 5) is 21.1. The molecule has 0 spiro atoms. The molecule has 0 aliphatic rings. The molecule has 0 unspecified atom stereocenters. The number of oxazole rings is 1. The van der Waals surface area contributed by atoms with Crippen LogP contribution < -0.4 is 11.1 Å². The lowest BCUT2D eigenvalue weighted by molar-refractivity contribution is -0.122. The second kappa shape index (κ2) is 9.48. The van der Waals surface area contributed by atoms with E-state index >= 15 is 0 Å². The summed E-state index contributed by atoms with van der Waals surface area (Å²) in [5, 5.41) is 7.11. The van der Waals surface area contributed by atoms with E-state index in [-0.39, 0.29) is 43.4 Å². The van der Waals surface area contributed by atoms with E-state index in [1.807, 2.05) is 44.2 Å². The fraction of sp³-hybridized carbons (Fsp3) is 0.368. The molecule has 9 heteroatoms. The number of nitrogens with two attached hydrogens (primary N) is 1. The molecule has 8 nitrogen and oxygen atoms in total. The number of aryl methyl sites for hydroxylation is 1. The Morgan fingerprint density at radius 1 is 1.25 bits per heavy atom. The number of benzene rings is 1. The molecule has 0 aliphatic heterocycles. The number of hydrogen-bond donors (Lipinski definition) is 2. The molecule has 0 fully saturated rings. The van der Waals surface area contributed by atoms with E-state index in [4.69, 9.17) is 10.2 Å². The SMILES string of the molecule is Cc1nc([C@@H](N)C(C)C)n(CC(=O)NCc2coc(-c3ccccc3)n2)n1.Cl. The van der Waals surface area contributed by atoms with Crippen molar-refractivity contribution >= 4 is 18.3 Å². The lowest BCUT2D eigenvalue weighted by Crippen LogP contribution is -2.30. The maximum Gasteiger partial charge on any atom is 0.242 e. The Balaban J connectivity index is 0.00000280. The number of halogens is 1. The van der Waals surface area contributed by atoms with Crippen LogP contribution in [0.3, 0.4) is 0 Å². The van der Waals surface area contributed by atoms with Crippen molar-refractivity contribution in [3.05, 3.63) is 53.9 Å². The smallest absolute Gasteiger partial charge is 0.242 e. The summed E-state index contributed by atoms with van der Waals surface area (Å²) >= 11 is 0. The van der Waals surface area contributed by atoms with Gasteiger partial charge in [0.1, 0.15) is 24.5 Å². The highest BCUT2D eigenvalue weighted by molar-refractivity contribution is 5.85. The maximum atomic E-state index is 12.3. The highest BCUT2D eigenvalue weighted by Crippen LogP contribution is 2.18. The van der Waals surface area contributed by atoms with E-state index in [1.54, 1.807) is 17.9 Å². The Kier molecular flexibility index (Phi) is 7.31. The number of aromatic nitrogens is 4. The summed E-state index contributed by atoms with van der Waals surface area (Å²) in [6, 6.07) is 9.32. The zero-order valence-electron chi connectivity index (χ0n) is 16.1. The van der Waals surface area contributed by atoms with Gasteiger partial charge in [-0.1, -0.05) is 32.0 Å². The van der Waals surface area contributed by atoms with Gasteiger partial charge in [0.05, 0.1) is 18.3 Å².